The molecule has 0 unspecified atom stereocenters. The number of hydrogen-bond donors (Lipinski definition) is 2. The highest BCUT2D eigenvalue weighted by molar-refractivity contribution is 5.52. The Balaban J connectivity index is 1.86. The molecule has 3 rings (SSSR count). The zero-order valence-electron chi connectivity index (χ0n) is 24.3. The van der Waals surface area contributed by atoms with Crippen molar-refractivity contribution < 1.29 is 4.74 Å². The molecule has 8 nitrogen and oxygen atoms in total. The average Bonchev–Trinajstić information content (AvgIpc) is 2.77. The highest BCUT2D eigenvalue weighted by atomic mass is 16.5. The van der Waals surface area contributed by atoms with Crippen molar-refractivity contribution in [2.75, 3.05) is 53.7 Å². The van der Waals surface area contributed by atoms with E-state index in [0.29, 0.717) is 17.8 Å². The molecule has 0 radical (unpaired) electrons. The molecule has 0 atom stereocenters. The number of rotatable bonds is 7. The quantitative estimate of drug-likeness (QED) is 0.506. The molecule has 8 heteroatoms. The van der Waals surface area contributed by atoms with E-state index < -0.39 is 0 Å². The van der Waals surface area contributed by atoms with Crippen LogP contribution in [0.3, 0.4) is 0 Å². The van der Waals surface area contributed by atoms with Crippen molar-refractivity contribution in [1.82, 2.24) is 15.0 Å². The Labute approximate surface area is 218 Å². The van der Waals surface area contributed by atoms with Gasteiger partial charge in [0.25, 0.3) is 0 Å². The third kappa shape index (κ3) is 6.31. The van der Waals surface area contributed by atoms with E-state index in [-0.39, 0.29) is 21.9 Å². The first kappa shape index (κ1) is 27.8. The second kappa shape index (κ2) is 9.94. The number of methoxy groups -OCH3 is 1. The Morgan fingerprint density at radius 1 is 0.639 bits per heavy atom. The zero-order chi connectivity index (χ0) is 26.9. The van der Waals surface area contributed by atoms with Crippen LogP contribution >= 0.6 is 0 Å². The maximum atomic E-state index is 5.30. The van der Waals surface area contributed by atoms with Crippen LogP contribution < -0.4 is 25.2 Å². The summed E-state index contributed by atoms with van der Waals surface area (Å²) in [6.07, 6.45) is 0. The maximum Gasteiger partial charge on any atom is 0.232 e. The van der Waals surface area contributed by atoms with Crippen molar-refractivity contribution in [2.24, 2.45) is 10.8 Å². The van der Waals surface area contributed by atoms with E-state index in [4.69, 9.17) is 19.7 Å². The molecule has 2 heterocycles. The SMILES string of the molecule is COc1ccc(N2CCN(c3nc(NC(C)(C)C(C)(C)C)nc(NC(C)(C)C(C)(C)C)n3)CC2)cc1. The van der Waals surface area contributed by atoms with Gasteiger partial charge in [-0.1, -0.05) is 41.5 Å². The van der Waals surface area contributed by atoms with Crippen LogP contribution in [0.4, 0.5) is 23.5 Å². The van der Waals surface area contributed by atoms with Crippen LogP contribution in [0.2, 0.25) is 0 Å². The van der Waals surface area contributed by atoms with E-state index in [2.05, 4.69) is 102 Å². The van der Waals surface area contributed by atoms with Gasteiger partial charge in [-0.15, -0.1) is 0 Å². The third-order valence-electron chi connectivity index (χ3n) is 8.22. The zero-order valence-corrected chi connectivity index (χ0v) is 24.3. The van der Waals surface area contributed by atoms with Gasteiger partial charge in [0.2, 0.25) is 17.8 Å². The Kier molecular flexibility index (Phi) is 7.68. The van der Waals surface area contributed by atoms with Crippen molar-refractivity contribution >= 4 is 23.5 Å². The van der Waals surface area contributed by atoms with Crippen molar-refractivity contribution in [3.63, 3.8) is 0 Å². The van der Waals surface area contributed by atoms with Crippen molar-refractivity contribution in [2.45, 2.75) is 80.3 Å². The first-order chi connectivity index (χ1) is 16.5. The molecule has 1 aromatic carbocycles. The number of aromatic nitrogens is 3. The molecule has 1 fully saturated rings. The number of nitrogens with zero attached hydrogens (tertiary/aromatic N) is 5. The van der Waals surface area contributed by atoms with Crippen LogP contribution in [0.5, 0.6) is 5.75 Å². The fourth-order valence-corrected chi connectivity index (χ4v) is 3.51. The summed E-state index contributed by atoms with van der Waals surface area (Å²) >= 11 is 0. The second-order valence-electron chi connectivity index (χ2n) is 13.0. The van der Waals surface area contributed by atoms with E-state index in [0.717, 1.165) is 31.9 Å². The van der Waals surface area contributed by atoms with Gasteiger partial charge in [0.15, 0.2) is 0 Å². The second-order valence-corrected chi connectivity index (χ2v) is 13.0. The van der Waals surface area contributed by atoms with Crippen molar-refractivity contribution in [3.8, 4) is 5.75 Å². The summed E-state index contributed by atoms with van der Waals surface area (Å²) in [7, 11) is 1.69. The molecule has 1 aliphatic rings. The molecule has 200 valence electrons. The highest BCUT2D eigenvalue weighted by Gasteiger charge is 2.36. The van der Waals surface area contributed by atoms with Crippen molar-refractivity contribution in [1.29, 1.82) is 0 Å². The third-order valence-corrected chi connectivity index (χ3v) is 8.22. The van der Waals surface area contributed by atoms with Gasteiger partial charge in [-0.25, -0.2) is 0 Å². The molecule has 2 aromatic rings. The molecule has 0 bridgehead atoms. The van der Waals surface area contributed by atoms with Gasteiger partial charge in [0, 0.05) is 42.9 Å². The van der Waals surface area contributed by atoms with Crippen LogP contribution in [0.25, 0.3) is 0 Å². The lowest BCUT2D eigenvalue weighted by molar-refractivity contribution is 0.251. The lowest BCUT2D eigenvalue weighted by Crippen LogP contribution is -2.48. The average molecular weight is 498 g/mol. The Morgan fingerprint density at radius 2 is 1.06 bits per heavy atom. The molecule has 1 aliphatic heterocycles. The van der Waals surface area contributed by atoms with Gasteiger partial charge < -0.3 is 25.2 Å². The summed E-state index contributed by atoms with van der Waals surface area (Å²) < 4.78 is 5.30. The monoisotopic (exact) mass is 497 g/mol. The maximum absolute atomic E-state index is 5.30. The smallest absolute Gasteiger partial charge is 0.232 e. The largest absolute Gasteiger partial charge is 0.497 e. The number of piperazine rings is 1. The molecule has 36 heavy (non-hydrogen) atoms. The minimum absolute atomic E-state index is 0.0159. The molecule has 0 saturated carbocycles. The normalized spacial score (nSPS) is 15.6. The summed E-state index contributed by atoms with van der Waals surface area (Å²) in [6, 6.07) is 8.25. The lowest BCUT2D eigenvalue weighted by atomic mass is 9.76. The van der Waals surface area contributed by atoms with Crippen LogP contribution in [-0.2, 0) is 0 Å². The number of ether oxygens (including phenoxy) is 1. The Hall–Kier alpha value is -2.77. The summed E-state index contributed by atoms with van der Waals surface area (Å²) in [4.78, 5) is 19.2. The Bertz CT molecular complexity index is 965. The van der Waals surface area contributed by atoms with Gasteiger partial charge in [-0.05, 0) is 62.8 Å². The summed E-state index contributed by atoms with van der Waals surface area (Å²) in [5.74, 6) is 2.78. The summed E-state index contributed by atoms with van der Waals surface area (Å²) in [5.41, 5.74) is 0.810. The molecule has 2 N–H and O–H groups in total. The Morgan fingerprint density at radius 3 is 1.44 bits per heavy atom. The van der Waals surface area contributed by atoms with Gasteiger partial charge in [0.05, 0.1) is 7.11 Å². The molecule has 1 aromatic heterocycles. The molecular formula is C28H47N7O. The van der Waals surface area contributed by atoms with Gasteiger partial charge >= 0.3 is 0 Å². The number of anilines is 4. The molecule has 0 amide bonds. The van der Waals surface area contributed by atoms with Gasteiger partial charge in [-0.3, -0.25) is 0 Å². The van der Waals surface area contributed by atoms with Crippen LogP contribution in [-0.4, -0.2) is 59.3 Å². The first-order valence-corrected chi connectivity index (χ1v) is 13.0. The van der Waals surface area contributed by atoms with Crippen LogP contribution in [0, 0.1) is 10.8 Å². The lowest BCUT2D eigenvalue weighted by Gasteiger charge is -2.41. The highest BCUT2D eigenvalue weighted by Crippen LogP contribution is 2.35. The minimum atomic E-state index is -0.213. The minimum Gasteiger partial charge on any atom is -0.497 e. The molecule has 0 aliphatic carbocycles. The van der Waals surface area contributed by atoms with Crippen molar-refractivity contribution in [3.05, 3.63) is 24.3 Å². The summed E-state index contributed by atoms with van der Waals surface area (Å²) in [6.45, 7) is 25.6. The number of nitrogens with one attached hydrogen (secondary N) is 2. The van der Waals surface area contributed by atoms with Gasteiger partial charge in [0.1, 0.15) is 5.75 Å². The predicted octanol–water partition coefficient (Wildman–Crippen LogP) is 5.68. The number of hydrogen-bond acceptors (Lipinski definition) is 8. The molecule has 1 saturated heterocycles. The summed E-state index contributed by atoms with van der Waals surface area (Å²) in [5, 5.41) is 7.19. The fourth-order valence-electron chi connectivity index (χ4n) is 3.51. The molecule has 0 spiro atoms. The predicted molar refractivity (Wildman–Crippen MR) is 152 cm³/mol. The van der Waals surface area contributed by atoms with Crippen LogP contribution in [0.15, 0.2) is 24.3 Å². The fraction of sp³-hybridized carbons (Fsp3) is 0.679. The van der Waals surface area contributed by atoms with Gasteiger partial charge in [-0.2, -0.15) is 15.0 Å². The number of benzene rings is 1. The van der Waals surface area contributed by atoms with E-state index >= 15 is 0 Å². The first-order valence-electron chi connectivity index (χ1n) is 13.0. The van der Waals surface area contributed by atoms with E-state index in [1.54, 1.807) is 7.11 Å². The van der Waals surface area contributed by atoms with Crippen LogP contribution in [0.1, 0.15) is 69.2 Å². The standard InChI is InChI=1S/C28H47N7O/c1-25(2,3)27(7,8)32-22-29-23(33-28(9,10)26(4,5)6)31-24(30-22)35-18-16-34(17-19-35)20-12-14-21(36-11)15-13-20/h12-15H,16-19H2,1-11H3,(H2,29,30,31,32,33). The van der Waals surface area contributed by atoms with E-state index in [1.165, 1.54) is 5.69 Å². The van der Waals surface area contributed by atoms with E-state index in [9.17, 15) is 0 Å². The molecular weight excluding hydrogens is 450 g/mol. The topological polar surface area (TPSA) is 78.4 Å². The van der Waals surface area contributed by atoms with E-state index in [1.807, 2.05) is 12.1 Å².